The quantitative estimate of drug-likeness (QED) is 0.486. The first-order valence-electron chi connectivity index (χ1n) is 3.34. The van der Waals surface area contributed by atoms with Gasteiger partial charge in [-0.25, -0.2) is 0 Å². The van der Waals surface area contributed by atoms with Crippen molar-refractivity contribution in [3.8, 4) is 0 Å². The van der Waals surface area contributed by atoms with Crippen molar-refractivity contribution in [3.05, 3.63) is 36.5 Å². The van der Waals surface area contributed by atoms with Gasteiger partial charge in [-0.15, -0.1) is 0 Å². The van der Waals surface area contributed by atoms with Crippen LogP contribution in [0.4, 0.5) is 0 Å². The van der Waals surface area contributed by atoms with Gasteiger partial charge >= 0.3 is 0 Å². The predicted octanol–water partition coefficient (Wildman–Crippen LogP) is 1.24. The van der Waals surface area contributed by atoms with E-state index in [0.717, 1.165) is 0 Å². The molecule has 2 nitrogen and oxygen atoms in total. The van der Waals surface area contributed by atoms with Crippen LogP contribution in [0, 0.1) is 0 Å². The summed E-state index contributed by atoms with van der Waals surface area (Å²) >= 11 is 0. The number of hydrogen-bond acceptors (Lipinski definition) is 2. The first-order chi connectivity index (χ1) is 5.22. The predicted molar refractivity (Wildman–Crippen MR) is 45.2 cm³/mol. The lowest BCUT2D eigenvalue weighted by molar-refractivity contribution is -0.117. The maximum Gasteiger partial charge on any atom is 0.187 e. The van der Waals surface area contributed by atoms with Crippen molar-refractivity contribution < 1.29 is 9.90 Å². The van der Waals surface area contributed by atoms with Crippen LogP contribution in [0.2, 0.25) is 0 Å². The molecule has 0 aliphatic carbocycles. The minimum atomic E-state index is -0.473. The number of aliphatic hydroxyl groups is 1. The maximum absolute atomic E-state index is 10.7. The zero-order chi connectivity index (χ0) is 8.69. The van der Waals surface area contributed by atoms with Crippen LogP contribution < -0.4 is 0 Å². The maximum atomic E-state index is 10.7. The molecule has 0 unspecified atom stereocenters. The fraction of sp³-hybridized carbons (Fsp3) is 0.222. The van der Waals surface area contributed by atoms with Crippen LogP contribution in [0.15, 0.2) is 36.5 Å². The van der Waals surface area contributed by atoms with Crippen molar-refractivity contribution in [1.29, 1.82) is 0 Å². The third-order valence-corrected chi connectivity index (χ3v) is 1.10. The van der Waals surface area contributed by atoms with Gasteiger partial charge in [0, 0.05) is 5.57 Å². The van der Waals surface area contributed by atoms with Crippen molar-refractivity contribution >= 4 is 5.78 Å². The molecule has 0 saturated carbocycles. The molecule has 0 aliphatic rings. The van der Waals surface area contributed by atoms with Crippen LogP contribution in [-0.4, -0.2) is 17.5 Å². The summed E-state index contributed by atoms with van der Waals surface area (Å²) in [5.74, 6) is -0.342. The number of carbonyl (C=O) groups is 1. The molecule has 60 valence electrons. The van der Waals surface area contributed by atoms with Crippen LogP contribution in [0.3, 0.4) is 0 Å². The summed E-state index contributed by atoms with van der Waals surface area (Å²) in [6, 6.07) is 0. The summed E-state index contributed by atoms with van der Waals surface area (Å²) in [5, 5.41) is 8.40. The minimum absolute atomic E-state index is 0.325. The average Bonchev–Trinajstić information content (AvgIpc) is 2.03. The highest BCUT2D eigenvalue weighted by atomic mass is 16.3. The molecule has 0 spiro atoms. The van der Waals surface area contributed by atoms with Gasteiger partial charge in [0.05, 0.1) is 0 Å². The molecule has 0 aromatic carbocycles. The summed E-state index contributed by atoms with van der Waals surface area (Å²) in [6.07, 6.45) is 6.90. The standard InChI is InChI=1S/C9H12O2/c1-3-4-5-6-8(2)9(11)7-10/h3-6,10H,2,7H2,1H3/b4-3-,6-5-. The minimum Gasteiger partial charge on any atom is -0.388 e. The first kappa shape index (κ1) is 9.85. The van der Waals surface area contributed by atoms with Gasteiger partial charge in [-0.05, 0) is 6.92 Å². The summed E-state index contributed by atoms with van der Waals surface area (Å²) in [7, 11) is 0. The lowest BCUT2D eigenvalue weighted by Gasteiger charge is -1.91. The second kappa shape index (κ2) is 5.62. The van der Waals surface area contributed by atoms with Crippen LogP contribution in [-0.2, 0) is 4.79 Å². The van der Waals surface area contributed by atoms with Gasteiger partial charge in [0.2, 0.25) is 0 Å². The van der Waals surface area contributed by atoms with Crippen molar-refractivity contribution in [2.45, 2.75) is 6.92 Å². The smallest absolute Gasteiger partial charge is 0.187 e. The molecule has 0 bridgehead atoms. The first-order valence-corrected chi connectivity index (χ1v) is 3.34. The van der Waals surface area contributed by atoms with Gasteiger partial charge in [-0.2, -0.15) is 0 Å². The number of ketones is 1. The summed E-state index contributed by atoms with van der Waals surface area (Å²) in [5.41, 5.74) is 0.325. The highest BCUT2D eigenvalue weighted by Gasteiger charge is 1.98. The van der Waals surface area contributed by atoms with Crippen molar-refractivity contribution in [2.75, 3.05) is 6.61 Å². The van der Waals surface area contributed by atoms with Gasteiger partial charge < -0.3 is 5.11 Å². The molecule has 0 rings (SSSR count). The molecule has 0 radical (unpaired) electrons. The lowest BCUT2D eigenvalue weighted by Crippen LogP contribution is -2.03. The normalized spacial score (nSPS) is 11.1. The monoisotopic (exact) mass is 152 g/mol. The van der Waals surface area contributed by atoms with Gasteiger partial charge in [0.15, 0.2) is 5.78 Å². The number of rotatable bonds is 4. The average molecular weight is 152 g/mol. The molecule has 0 aliphatic heterocycles. The molecule has 1 N–H and O–H groups in total. The number of allylic oxidation sites excluding steroid dienone is 4. The third-order valence-electron chi connectivity index (χ3n) is 1.10. The van der Waals surface area contributed by atoms with E-state index in [1.54, 1.807) is 18.2 Å². The molecule has 0 amide bonds. The SMILES string of the molecule is C=C(/C=C\C=C/C)C(=O)CO. The van der Waals surface area contributed by atoms with Crippen LogP contribution in [0.25, 0.3) is 0 Å². The highest BCUT2D eigenvalue weighted by molar-refractivity contribution is 5.98. The van der Waals surface area contributed by atoms with E-state index in [9.17, 15) is 4.79 Å². The Hall–Kier alpha value is -1.15. The van der Waals surface area contributed by atoms with E-state index >= 15 is 0 Å². The van der Waals surface area contributed by atoms with Gasteiger partial charge in [0.25, 0.3) is 0 Å². The molecule has 0 aromatic heterocycles. The number of Topliss-reactive ketones (excluding diaryl/α,β-unsaturated/α-hetero) is 1. The Bertz CT molecular complexity index is 200. The second-order valence-corrected chi connectivity index (χ2v) is 1.99. The van der Waals surface area contributed by atoms with E-state index in [4.69, 9.17) is 5.11 Å². The largest absolute Gasteiger partial charge is 0.388 e. The molecule has 0 fully saturated rings. The zero-order valence-corrected chi connectivity index (χ0v) is 6.58. The Balaban J connectivity index is 3.97. The van der Waals surface area contributed by atoms with E-state index in [-0.39, 0.29) is 5.78 Å². The van der Waals surface area contributed by atoms with E-state index in [1.807, 2.05) is 13.0 Å². The van der Waals surface area contributed by atoms with Gasteiger partial charge in [-0.1, -0.05) is 30.9 Å². The molecule has 0 atom stereocenters. The van der Waals surface area contributed by atoms with E-state index in [1.165, 1.54) is 0 Å². The van der Waals surface area contributed by atoms with Crippen LogP contribution in [0.5, 0.6) is 0 Å². The number of aliphatic hydroxyl groups excluding tert-OH is 1. The Kier molecular flexibility index (Phi) is 5.03. The summed E-state index contributed by atoms with van der Waals surface area (Å²) < 4.78 is 0. The number of carbonyl (C=O) groups excluding carboxylic acids is 1. The molecule has 11 heavy (non-hydrogen) atoms. The molecule has 2 heteroatoms. The Morgan fingerprint density at radius 1 is 1.55 bits per heavy atom. The van der Waals surface area contributed by atoms with Crippen molar-refractivity contribution in [2.24, 2.45) is 0 Å². The molecular formula is C9H12O2. The Morgan fingerprint density at radius 2 is 2.18 bits per heavy atom. The van der Waals surface area contributed by atoms with Crippen molar-refractivity contribution in [3.63, 3.8) is 0 Å². The lowest BCUT2D eigenvalue weighted by atomic mass is 10.2. The molecular weight excluding hydrogens is 140 g/mol. The molecule has 0 saturated heterocycles. The Morgan fingerprint density at radius 3 is 2.64 bits per heavy atom. The number of hydrogen-bond donors (Lipinski definition) is 1. The fourth-order valence-corrected chi connectivity index (χ4v) is 0.477. The zero-order valence-electron chi connectivity index (χ0n) is 6.58. The summed E-state index contributed by atoms with van der Waals surface area (Å²) in [6.45, 7) is 4.87. The topological polar surface area (TPSA) is 37.3 Å². The van der Waals surface area contributed by atoms with E-state index in [0.29, 0.717) is 5.57 Å². The summed E-state index contributed by atoms with van der Waals surface area (Å²) in [4.78, 5) is 10.7. The third kappa shape index (κ3) is 4.28. The highest BCUT2D eigenvalue weighted by Crippen LogP contribution is 1.94. The van der Waals surface area contributed by atoms with Crippen LogP contribution >= 0.6 is 0 Å². The van der Waals surface area contributed by atoms with E-state index < -0.39 is 6.61 Å². The second-order valence-electron chi connectivity index (χ2n) is 1.99. The van der Waals surface area contributed by atoms with Gasteiger partial charge in [0.1, 0.15) is 6.61 Å². The fourth-order valence-electron chi connectivity index (χ4n) is 0.477. The van der Waals surface area contributed by atoms with Crippen molar-refractivity contribution in [1.82, 2.24) is 0 Å². The van der Waals surface area contributed by atoms with Gasteiger partial charge in [-0.3, -0.25) is 4.79 Å². The molecule has 0 aromatic rings. The van der Waals surface area contributed by atoms with Crippen LogP contribution in [0.1, 0.15) is 6.92 Å². The molecule has 0 heterocycles. The van der Waals surface area contributed by atoms with E-state index in [2.05, 4.69) is 6.58 Å². The Labute approximate surface area is 66.5 Å².